The first-order valence-corrected chi connectivity index (χ1v) is 12.3. The number of nitrogens with one attached hydrogen (secondary N) is 1. The molecule has 0 bridgehead atoms. The fourth-order valence-electron chi connectivity index (χ4n) is 4.48. The minimum absolute atomic E-state index is 0.0180. The number of para-hydroxylation sites is 2. The molecule has 0 spiro atoms. The molecule has 1 N–H and O–H groups in total. The normalized spacial score (nSPS) is 17.6. The molecule has 0 saturated carbocycles. The van der Waals surface area contributed by atoms with E-state index < -0.39 is 60.4 Å². The molecule has 5 nitrogen and oxygen atoms in total. The zero-order chi connectivity index (χ0) is 33.7. The molecular formula is C31H24N5S+. The third kappa shape index (κ3) is 3.72. The van der Waals surface area contributed by atoms with Gasteiger partial charge in [0.2, 0.25) is 0 Å². The van der Waals surface area contributed by atoms with Gasteiger partial charge in [0.15, 0.2) is 28.5 Å². The van der Waals surface area contributed by atoms with Crippen molar-refractivity contribution in [3.05, 3.63) is 108 Å². The number of rotatable bonds is 3. The summed E-state index contributed by atoms with van der Waals surface area (Å²) < 4.78 is 85.0. The van der Waals surface area contributed by atoms with Crippen molar-refractivity contribution < 1.29 is 18.3 Å². The van der Waals surface area contributed by atoms with Gasteiger partial charge < -0.3 is 0 Å². The topological polar surface area (TPSA) is 58.3 Å². The number of imidazole rings is 1. The lowest BCUT2D eigenvalue weighted by molar-refractivity contribution is -0.611. The Morgan fingerprint density at radius 2 is 1.35 bits per heavy atom. The number of fused-ring (bicyclic) bond motifs is 5. The van der Waals surface area contributed by atoms with Gasteiger partial charge in [-0.25, -0.2) is 19.9 Å². The number of hydrogen-bond donors (Lipinski definition) is 1. The van der Waals surface area contributed by atoms with Crippen LogP contribution in [0, 0.1) is 0 Å². The van der Waals surface area contributed by atoms with Gasteiger partial charge in [-0.05, 0) is 43.8 Å². The van der Waals surface area contributed by atoms with Crippen LogP contribution in [0.3, 0.4) is 0 Å². The van der Waals surface area contributed by atoms with Gasteiger partial charge in [-0.15, -0.1) is 0 Å². The van der Waals surface area contributed by atoms with E-state index in [4.69, 9.17) is 13.7 Å². The Balaban J connectivity index is 1.55. The Hall–Kier alpha value is -4.29. The molecule has 4 aromatic carbocycles. The van der Waals surface area contributed by atoms with E-state index >= 15 is 0 Å². The zero-order valence-electron chi connectivity index (χ0n) is 29.7. The lowest BCUT2D eigenvalue weighted by Crippen LogP contribution is -2.40. The summed E-state index contributed by atoms with van der Waals surface area (Å²) in [5.41, 5.74) is 3.61. The van der Waals surface area contributed by atoms with Crippen LogP contribution in [-0.2, 0) is 4.75 Å². The molecule has 0 unspecified atom stereocenters. The van der Waals surface area contributed by atoms with Crippen LogP contribution < -0.4 is 4.57 Å². The average Bonchev–Trinajstić information content (AvgIpc) is 3.42. The van der Waals surface area contributed by atoms with Crippen LogP contribution in [0.25, 0.3) is 50.9 Å². The molecule has 0 aliphatic carbocycles. The lowest BCUT2D eigenvalue weighted by Gasteiger charge is -2.28. The molecule has 178 valence electrons. The highest BCUT2D eigenvalue weighted by Crippen LogP contribution is 2.46. The van der Waals surface area contributed by atoms with Crippen molar-refractivity contribution in [2.24, 2.45) is 0 Å². The van der Waals surface area contributed by atoms with Crippen LogP contribution in [-0.4, -0.2) is 19.9 Å². The lowest BCUT2D eigenvalue weighted by atomic mass is 9.97. The van der Waals surface area contributed by atoms with Crippen molar-refractivity contribution in [1.29, 1.82) is 0 Å². The van der Waals surface area contributed by atoms with E-state index in [9.17, 15) is 0 Å². The Kier molecular flexibility index (Phi) is 3.14. The summed E-state index contributed by atoms with van der Waals surface area (Å²) in [4.78, 5) is 17.0. The van der Waals surface area contributed by atoms with E-state index in [0.717, 1.165) is 27.4 Å². The molecule has 7 rings (SSSR count). The highest BCUT2D eigenvalue weighted by atomic mass is 32.2. The standard InChI is InChI=1S/C31H23N5S/c1-31(2)23-18-17-22(19-26(23)36-25-16-10-9-15-24(25)32-30(36)37-31)29-34-27(20-11-5-3-6-12-20)33-28(35-29)21-13-7-4-8-14-21/h3-19H,1-2H3/p+1/i3D,4D,5D,6D,7D,8D,11D,12D,13D,14D. The van der Waals surface area contributed by atoms with Gasteiger partial charge in [-0.2, -0.15) is 4.57 Å². The minimum Gasteiger partial charge on any atom is -0.231 e. The van der Waals surface area contributed by atoms with Crippen molar-refractivity contribution in [3.63, 3.8) is 0 Å². The van der Waals surface area contributed by atoms with Crippen LogP contribution in [0.5, 0.6) is 0 Å². The fraction of sp³-hybridized carbons (Fsp3) is 0.0968. The highest BCUT2D eigenvalue weighted by Gasteiger charge is 2.39. The quantitative estimate of drug-likeness (QED) is 0.262. The first kappa shape index (κ1) is 13.9. The van der Waals surface area contributed by atoms with E-state index in [-0.39, 0.29) is 33.3 Å². The first-order chi connectivity index (χ1) is 22.2. The number of nitrogens with zero attached hydrogens (tertiary/aromatic N) is 4. The summed E-state index contributed by atoms with van der Waals surface area (Å²) >= 11 is 1.68. The number of benzene rings is 4. The Bertz CT molecular complexity index is 2190. The molecule has 0 amide bonds. The average molecular weight is 509 g/mol. The molecule has 6 heteroatoms. The molecule has 0 atom stereocenters. The number of H-pyrrole nitrogens is 1. The first-order valence-electron chi connectivity index (χ1n) is 16.5. The maximum Gasteiger partial charge on any atom is 0.322 e. The minimum atomic E-state index is -0.593. The second-order valence-electron chi connectivity index (χ2n) is 8.93. The molecule has 37 heavy (non-hydrogen) atoms. The van der Waals surface area contributed by atoms with E-state index in [1.165, 1.54) is 0 Å². The van der Waals surface area contributed by atoms with E-state index in [2.05, 4.69) is 38.4 Å². The van der Waals surface area contributed by atoms with Crippen LogP contribution in [0.15, 0.2) is 108 Å². The SMILES string of the molecule is [2H]c1c([2H])c([2H])c(-c2nc(-c3ccc4c(c3)-[n+]3c([nH]c5ccccc53)SC4(C)C)nc(-c3c([2H])c([2H])c([2H])c([2H])c3[2H])n2)c([2H])c1[2H]. The number of aromatic nitrogens is 5. The molecule has 1 aliphatic rings. The summed E-state index contributed by atoms with van der Waals surface area (Å²) in [6, 6.07) is 7.75. The molecule has 0 radical (unpaired) electrons. The third-order valence-electron chi connectivity index (χ3n) is 6.17. The number of thioether (sulfide) groups is 1. The molecule has 6 aromatic rings. The van der Waals surface area contributed by atoms with Crippen LogP contribution in [0.2, 0.25) is 0 Å². The Morgan fingerprint density at radius 3 is 2.00 bits per heavy atom. The van der Waals surface area contributed by atoms with Gasteiger partial charge in [0.1, 0.15) is 5.69 Å². The monoisotopic (exact) mass is 508 g/mol. The maximum atomic E-state index is 8.57. The van der Waals surface area contributed by atoms with Crippen LogP contribution >= 0.6 is 11.8 Å². The Morgan fingerprint density at radius 1 is 0.757 bits per heavy atom. The fourth-order valence-corrected chi connectivity index (χ4v) is 5.69. The summed E-state index contributed by atoms with van der Waals surface area (Å²) in [6.45, 7) is 4.22. The zero-order valence-corrected chi connectivity index (χ0v) is 20.6. The second kappa shape index (κ2) is 8.39. The van der Waals surface area contributed by atoms with Crippen LogP contribution in [0.1, 0.15) is 33.1 Å². The molecule has 3 heterocycles. The summed E-state index contributed by atoms with van der Waals surface area (Å²) in [7, 11) is 0. The van der Waals surface area contributed by atoms with Gasteiger partial charge in [-0.1, -0.05) is 84.7 Å². The summed E-state index contributed by atoms with van der Waals surface area (Å²) in [6.07, 6.45) is 0. The maximum absolute atomic E-state index is 8.57. The molecule has 2 aromatic heterocycles. The van der Waals surface area contributed by atoms with E-state index in [0.29, 0.717) is 5.56 Å². The molecule has 1 aliphatic heterocycles. The van der Waals surface area contributed by atoms with Crippen molar-refractivity contribution >= 4 is 22.8 Å². The number of aromatic amines is 1. The summed E-state index contributed by atoms with van der Waals surface area (Å²) in [5, 5.41) is 0.913. The smallest absolute Gasteiger partial charge is 0.231 e. The Labute approximate surface area is 233 Å². The van der Waals surface area contributed by atoms with Gasteiger partial charge >= 0.3 is 5.16 Å². The van der Waals surface area contributed by atoms with Crippen molar-refractivity contribution in [1.82, 2.24) is 19.9 Å². The van der Waals surface area contributed by atoms with Gasteiger partial charge in [0.25, 0.3) is 0 Å². The van der Waals surface area contributed by atoms with Gasteiger partial charge in [0.05, 0.1) is 18.5 Å². The van der Waals surface area contributed by atoms with Gasteiger partial charge in [0, 0.05) is 22.3 Å². The predicted octanol–water partition coefficient (Wildman–Crippen LogP) is 6.97. The van der Waals surface area contributed by atoms with Gasteiger partial charge in [-0.3, -0.25) is 0 Å². The summed E-state index contributed by atoms with van der Waals surface area (Å²) in [5.74, 6) is -0.588. The molecule has 0 fully saturated rings. The van der Waals surface area contributed by atoms with Crippen molar-refractivity contribution in [2.45, 2.75) is 23.8 Å². The molecule has 0 saturated heterocycles. The largest absolute Gasteiger partial charge is 0.322 e. The number of hydrogen-bond acceptors (Lipinski definition) is 4. The van der Waals surface area contributed by atoms with Crippen LogP contribution in [0.4, 0.5) is 0 Å². The van der Waals surface area contributed by atoms with E-state index in [1.54, 1.807) is 17.8 Å². The van der Waals surface area contributed by atoms with E-state index in [1.807, 2.05) is 36.4 Å². The third-order valence-corrected chi connectivity index (χ3v) is 7.38. The van der Waals surface area contributed by atoms with Crippen molar-refractivity contribution in [2.75, 3.05) is 0 Å². The second-order valence-corrected chi connectivity index (χ2v) is 10.5. The van der Waals surface area contributed by atoms with Crippen molar-refractivity contribution in [3.8, 4) is 39.9 Å². The molecular weight excluding hydrogens is 474 g/mol. The predicted molar refractivity (Wildman–Crippen MR) is 148 cm³/mol. The highest BCUT2D eigenvalue weighted by molar-refractivity contribution is 8.00.